The van der Waals surface area contributed by atoms with Crippen molar-refractivity contribution in [1.29, 1.82) is 0 Å². The first kappa shape index (κ1) is 31.2. The number of carbonyl (C=O) groups is 1. The van der Waals surface area contributed by atoms with Crippen molar-refractivity contribution < 1.29 is 9.53 Å². The molecule has 0 aliphatic heterocycles. The Balaban J connectivity index is 1.29. The summed E-state index contributed by atoms with van der Waals surface area (Å²) in [7, 11) is 0. The van der Waals surface area contributed by atoms with E-state index >= 15 is 0 Å². The molecule has 224 valence electrons. The lowest BCUT2D eigenvalue weighted by atomic mass is 9.47. The quantitative estimate of drug-likeness (QED) is 0.124. The summed E-state index contributed by atoms with van der Waals surface area (Å²) >= 11 is 0. The topological polar surface area (TPSA) is 26.3 Å². The molecule has 39 heavy (non-hydrogen) atoms. The van der Waals surface area contributed by atoms with Gasteiger partial charge in [0.05, 0.1) is 0 Å². The van der Waals surface area contributed by atoms with E-state index in [0.717, 1.165) is 54.8 Å². The van der Waals surface area contributed by atoms with Crippen molar-refractivity contribution in [2.24, 2.45) is 46.3 Å². The maximum absolute atomic E-state index is 12.6. The first-order chi connectivity index (χ1) is 18.7. The van der Waals surface area contributed by atoms with Gasteiger partial charge in [-0.15, -0.1) is 0 Å². The van der Waals surface area contributed by atoms with Crippen LogP contribution in [0.15, 0.2) is 11.6 Å². The van der Waals surface area contributed by atoms with Gasteiger partial charge in [-0.2, -0.15) is 0 Å². The number of hydrogen-bond acceptors (Lipinski definition) is 2. The summed E-state index contributed by atoms with van der Waals surface area (Å²) in [6, 6.07) is 0. The van der Waals surface area contributed by atoms with Crippen LogP contribution >= 0.6 is 0 Å². The Morgan fingerprint density at radius 2 is 1.64 bits per heavy atom. The average molecular weight is 541 g/mol. The molecule has 3 fully saturated rings. The van der Waals surface area contributed by atoms with E-state index in [1.165, 1.54) is 96.3 Å². The summed E-state index contributed by atoms with van der Waals surface area (Å²) in [5.41, 5.74) is 2.54. The lowest BCUT2D eigenvalue weighted by Crippen LogP contribution is -2.51. The van der Waals surface area contributed by atoms with Gasteiger partial charge in [-0.3, -0.25) is 4.79 Å². The zero-order valence-corrected chi connectivity index (χ0v) is 26.9. The van der Waals surface area contributed by atoms with Gasteiger partial charge in [-0.25, -0.2) is 0 Å². The van der Waals surface area contributed by atoms with E-state index in [-0.39, 0.29) is 12.1 Å². The predicted molar refractivity (Wildman–Crippen MR) is 166 cm³/mol. The van der Waals surface area contributed by atoms with E-state index in [1.807, 2.05) is 0 Å². The van der Waals surface area contributed by atoms with Crippen LogP contribution in [-0.2, 0) is 9.53 Å². The van der Waals surface area contributed by atoms with E-state index in [4.69, 9.17) is 4.74 Å². The fraction of sp³-hybridized carbons (Fsp3) is 0.919. The molecular formula is C37H64O2. The Labute approximate surface area is 242 Å². The van der Waals surface area contributed by atoms with Crippen LogP contribution in [0.1, 0.15) is 164 Å². The smallest absolute Gasteiger partial charge is 0.306 e. The third kappa shape index (κ3) is 7.17. The first-order valence-electron chi connectivity index (χ1n) is 17.6. The highest BCUT2D eigenvalue weighted by Crippen LogP contribution is 2.67. The Hall–Kier alpha value is -0.790. The number of rotatable bonds is 14. The Morgan fingerprint density at radius 3 is 2.38 bits per heavy atom. The minimum atomic E-state index is 0.0550. The van der Waals surface area contributed by atoms with Crippen LogP contribution in [0.25, 0.3) is 0 Å². The molecule has 4 rings (SSSR count). The third-order valence-electron chi connectivity index (χ3n) is 12.5. The van der Waals surface area contributed by atoms with E-state index < -0.39 is 0 Å². The molecule has 0 spiro atoms. The van der Waals surface area contributed by atoms with Gasteiger partial charge in [0.25, 0.3) is 0 Å². The van der Waals surface area contributed by atoms with E-state index in [0.29, 0.717) is 17.3 Å². The lowest BCUT2D eigenvalue weighted by molar-refractivity contribution is -0.151. The van der Waals surface area contributed by atoms with Gasteiger partial charge in [-0.1, -0.05) is 111 Å². The average Bonchev–Trinajstić information content (AvgIpc) is 3.25. The molecule has 3 saturated carbocycles. The van der Waals surface area contributed by atoms with Gasteiger partial charge < -0.3 is 4.74 Å². The summed E-state index contributed by atoms with van der Waals surface area (Å²) < 4.78 is 6.06. The molecule has 0 amide bonds. The molecule has 0 saturated heterocycles. The van der Waals surface area contributed by atoms with Gasteiger partial charge in [0.15, 0.2) is 0 Å². The summed E-state index contributed by atoms with van der Waals surface area (Å²) in [5.74, 6) is 5.34. The monoisotopic (exact) mass is 540 g/mol. The van der Waals surface area contributed by atoms with Crippen LogP contribution in [0.4, 0.5) is 0 Å². The second kappa shape index (κ2) is 13.9. The highest BCUT2D eigenvalue weighted by molar-refractivity contribution is 5.69. The zero-order chi connectivity index (χ0) is 28.0. The van der Waals surface area contributed by atoms with E-state index in [1.54, 1.807) is 5.57 Å². The van der Waals surface area contributed by atoms with Crippen LogP contribution in [0.3, 0.4) is 0 Å². The first-order valence-corrected chi connectivity index (χ1v) is 17.6. The SMILES string of the molecule is CCCCCCCCCC(=O)O[C@H]1CC[C@@]2(C)C(=CC[C@H]3[C@H]4CC[C@@H]([C@H](C)CCCC(C)C)[C@@]4(C)CC[C@@H]32)C1. The summed E-state index contributed by atoms with van der Waals surface area (Å²) in [5, 5.41) is 0. The molecule has 4 aliphatic carbocycles. The van der Waals surface area contributed by atoms with Crippen LogP contribution in [0.5, 0.6) is 0 Å². The fourth-order valence-corrected chi connectivity index (χ4v) is 10.2. The minimum Gasteiger partial charge on any atom is -0.462 e. The molecule has 0 aromatic heterocycles. The minimum absolute atomic E-state index is 0.0550. The molecule has 0 aromatic carbocycles. The van der Waals surface area contributed by atoms with Crippen molar-refractivity contribution in [3.8, 4) is 0 Å². The second-order valence-corrected chi connectivity index (χ2v) is 15.5. The van der Waals surface area contributed by atoms with Crippen molar-refractivity contribution in [2.45, 2.75) is 170 Å². The number of carbonyl (C=O) groups excluding carboxylic acids is 1. The molecule has 4 aliphatic rings. The number of allylic oxidation sites excluding steroid dienone is 1. The Kier molecular flexibility index (Phi) is 11.1. The maximum Gasteiger partial charge on any atom is 0.306 e. The lowest BCUT2D eigenvalue weighted by Gasteiger charge is -2.58. The number of fused-ring (bicyclic) bond motifs is 5. The van der Waals surface area contributed by atoms with E-state index in [2.05, 4.69) is 47.6 Å². The van der Waals surface area contributed by atoms with Gasteiger partial charge >= 0.3 is 5.97 Å². The van der Waals surface area contributed by atoms with Crippen LogP contribution < -0.4 is 0 Å². The van der Waals surface area contributed by atoms with Crippen molar-refractivity contribution in [3.05, 3.63) is 11.6 Å². The molecule has 0 radical (unpaired) electrons. The van der Waals surface area contributed by atoms with Gasteiger partial charge in [0.2, 0.25) is 0 Å². The molecule has 8 atom stereocenters. The summed E-state index contributed by atoms with van der Waals surface area (Å²) in [4.78, 5) is 12.6. The number of ether oxygens (including phenoxy) is 1. The molecule has 2 heteroatoms. The highest BCUT2D eigenvalue weighted by Gasteiger charge is 2.59. The molecule has 0 bridgehead atoms. The van der Waals surface area contributed by atoms with E-state index in [9.17, 15) is 4.79 Å². The predicted octanol–water partition coefficient (Wildman–Crippen LogP) is 11.1. The molecule has 2 nitrogen and oxygen atoms in total. The summed E-state index contributed by atoms with van der Waals surface area (Å²) in [6.45, 7) is 14.9. The highest BCUT2D eigenvalue weighted by atomic mass is 16.5. The van der Waals surface area contributed by atoms with Gasteiger partial charge in [0, 0.05) is 12.8 Å². The molecule has 0 heterocycles. The number of esters is 1. The van der Waals surface area contributed by atoms with Crippen molar-refractivity contribution in [2.75, 3.05) is 0 Å². The normalized spacial score (nSPS) is 36.6. The Morgan fingerprint density at radius 1 is 0.897 bits per heavy atom. The zero-order valence-electron chi connectivity index (χ0n) is 26.9. The second-order valence-electron chi connectivity index (χ2n) is 15.5. The van der Waals surface area contributed by atoms with Gasteiger partial charge in [-0.05, 0) is 97.7 Å². The third-order valence-corrected chi connectivity index (χ3v) is 12.5. The van der Waals surface area contributed by atoms with Crippen molar-refractivity contribution >= 4 is 5.97 Å². The van der Waals surface area contributed by atoms with Crippen molar-refractivity contribution in [1.82, 2.24) is 0 Å². The summed E-state index contributed by atoms with van der Waals surface area (Å²) in [6.07, 6.45) is 26.7. The van der Waals surface area contributed by atoms with Crippen molar-refractivity contribution in [3.63, 3.8) is 0 Å². The number of hydrogen-bond donors (Lipinski definition) is 0. The maximum atomic E-state index is 12.6. The van der Waals surface area contributed by atoms with Crippen LogP contribution in [0.2, 0.25) is 0 Å². The molecular weight excluding hydrogens is 476 g/mol. The molecule has 0 aromatic rings. The molecule has 0 unspecified atom stereocenters. The fourth-order valence-electron chi connectivity index (χ4n) is 10.2. The largest absolute Gasteiger partial charge is 0.462 e. The molecule has 0 N–H and O–H groups in total. The van der Waals surface area contributed by atoms with Crippen LogP contribution in [0, 0.1) is 46.3 Å². The van der Waals surface area contributed by atoms with Crippen LogP contribution in [-0.4, -0.2) is 12.1 Å². The number of unbranched alkanes of at least 4 members (excludes halogenated alkanes) is 6. The van der Waals surface area contributed by atoms with Gasteiger partial charge in [0.1, 0.15) is 6.10 Å². The standard InChI is InChI=1S/C37H64O2/c1-7-8-9-10-11-12-13-17-35(38)39-30-22-24-36(5)29(26-30)18-19-31-33-21-20-32(28(4)16-14-15-27(2)3)37(33,6)25-23-34(31)36/h18,27-28,30-34H,7-17,19-26H2,1-6H3/t28-,30+,31+,32+,33-,34+,36+,37-/m1/s1. The Bertz CT molecular complexity index is 812.